The third kappa shape index (κ3) is 4.61. The Bertz CT molecular complexity index is 791. The molecule has 154 valence electrons. The SMILES string of the molecule is c1cc(COc2ccc([C@@H]3C[C@H]3C3CCCCC3)cc2)cc(N2CCNCC2)c1. The fraction of sp³-hybridized carbons (Fsp3) is 0.538. The predicted molar refractivity (Wildman–Crippen MR) is 120 cm³/mol. The van der Waals surface area contributed by atoms with E-state index in [0.29, 0.717) is 6.61 Å². The molecule has 3 fully saturated rings. The second-order valence-electron chi connectivity index (χ2n) is 9.17. The highest BCUT2D eigenvalue weighted by Gasteiger charge is 2.43. The molecular formula is C26H34N2O. The van der Waals surface area contributed by atoms with Crippen molar-refractivity contribution in [1.82, 2.24) is 5.32 Å². The van der Waals surface area contributed by atoms with E-state index in [2.05, 4.69) is 58.7 Å². The predicted octanol–water partition coefficient (Wildman–Crippen LogP) is 5.36. The number of rotatable bonds is 6. The molecule has 0 bridgehead atoms. The molecule has 1 saturated heterocycles. The van der Waals surface area contributed by atoms with Gasteiger partial charge in [-0.25, -0.2) is 0 Å². The van der Waals surface area contributed by atoms with E-state index < -0.39 is 0 Å². The van der Waals surface area contributed by atoms with Crippen molar-refractivity contribution in [3.8, 4) is 5.75 Å². The molecule has 3 heteroatoms. The summed E-state index contributed by atoms with van der Waals surface area (Å²) in [7, 11) is 0. The van der Waals surface area contributed by atoms with E-state index in [-0.39, 0.29) is 0 Å². The number of anilines is 1. The van der Waals surface area contributed by atoms with E-state index in [0.717, 1.165) is 49.7 Å². The average Bonchev–Trinajstić information content (AvgIpc) is 3.61. The topological polar surface area (TPSA) is 24.5 Å². The minimum atomic E-state index is 0.632. The summed E-state index contributed by atoms with van der Waals surface area (Å²) in [5, 5.41) is 3.42. The maximum absolute atomic E-state index is 6.10. The summed E-state index contributed by atoms with van der Waals surface area (Å²) in [6, 6.07) is 17.8. The Kier molecular flexibility index (Phi) is 5.76. The number of ether oxygens (including phenoxy) is 1. The van der Waals surface area contributed by atoms with Crippen LogP contribution >= 0.6 is 0 Å². The zero-order valence-corrected chi connectivity index (χ0v) is 17.5. The maximum atomic E-state index is 6.10. The van der Waals surface area contributed by atoms with Gasteiger partial charge >= 0.3 is 0 Å². The molecule has 1 aliphatic heterocycles. The molecule has 2 saturated carbocycles. The van der Waals surface area contributed by atoms with Gasteiger partial charge in [0.05, 0.1) is 0 Å². The van der Waals surface area contributed by atoms with Gasteiger partial charge in [-0.3, -0.25) is 0 Å². The van der Waals surface area contributed by atoms with Gasteiger partial charge in [0.25, 0.3) is 0 Å². The van der Waals surface area contributed by atoms with Crippen molar-refractivity contribution in [2.24, 2.45) is 11.8 Å². The summed E-state index contributed by atoms with van der Waals surface area (Å²) in [6.07, 6.45) is 8.71. The molecule has 3 nitrogen and oxygen atoms in total. The van der Waals surface area contributed by atoms with Crippen LogP contribution in [0.4, 0.5) is 5.69 Å². The van der Waals surface area contributed by atoms with Crippen molar-refractivity contribution in [3.63, 3.8) is 0 Å². The van der Waals surface area contributed by atoms with Crippen LogP contribution in [-0.4, -0.2) is 26.2 Å². The first-order valence-electron chi connectivity index (χ1n) is 11.6. The van der Waals surface area contributed by atoms with Crippen LogP contribution in [0.1, 0.15) is 55.6 Å². The molecule has 5 rings (SSSR count). The van der Waals surface area contributed by atoms with Crippen LogP contribution in [0, 0.1) is 11.8 Å². The summed E-state index contributed by atoms with van der Waals surface area (Å²) >= 11 is 0. The molecule has 2 aromatic rings. The summed E-state index contributed by atoms with van der Waals surface area (Å²) in [6.45, 7) is 4.92. The molecule has 1 N–H and O–H groups in total. The first kappa shape index (κ1) is 19.0. The zero-order valence-electron chi connectivity index (χ0n) is 17.5. The molecule has 2 atom stereocenters. The molecule has 29 heavy (non-hydrogen) atoms. The van der Waals surface area contributed by atoms with Crippen molar-refractivity contribution in [2.45, 2.75) is 51.0 Å². The number of nitrogens with zero attached hydrogens (tertiary/aromatic N) is 1. The zero-order chi connectivity index (χ0) is 19.5. The van der Waals surface area contributed by atoms with Crippen molar-refractivity contribution in [1.29, 1.82) is 0 Å². The highest BCUT2D eigenvalue weighted by atomic mass is 16.5. The van der Waals surface area contributed by atoms with Crippen LogP contribution in [0.15, 0.2) is 48.5 Å². The first-order valence-corrected chi connectivity index (χ1v) is 11.6. The minimum absolute atomic E-state index is 0.632. The van der Waals surface area contributed by atoms with Crippen molar-refractivity contribution < 1.29 is 4.74 Å². The lowest BCUT2D eigenvalue weighted by Crippen LogP contribution is -2.43. The lowest BCUT2D eigenvalue weighted by Gasteiger charge is -2.29. The molecule has 0 unspecified atom stereocenters. The number of piperazine rings is 1. The maximum Gasteiger partial charge on any atom is 0.119 e. The third-order valence-corrected chi connectivity index (χ3v) is 7.20. The lowest BCUT2D eigenvalue weighted by atomic mass is 9.84. The van der Waals surface area contributed by atoms with E-state index in [1.165, 1.54) is 55.3 Å². The average molecular weight is 391 g/mol. The van der Waals surface area contributed by atoms with Gasteiger partial charge in [0.2, 0.25) is 0 Å². The van der Waals surface area contributed by atoms with Gasteiger partial charge in [0.1, 0.15) is 12.4 Å². The van der Waals surface area contributed by atoms with E-state index in [9.17, 15) is 0 Å². The van der Waals surface area contributed by atoms with Crippen LogP contribution < -0.4 is 15.0 Å². The van der Waals surface area contributed by atoms with Crippen LogP contribution in [0.2, 0.25) is 0 Å². The fourth-order valence-electron chi connectivity index (χ4n) is 5.43. The van der Waals surface area contributed by atoms with Gasteiger partial charge in [-0.05, 0) is 59.6 Å². The molecule has 2 aromatic carbocycles. The molecule has 0 spiro atoms. The summed E-state index contributed by atoms with van der Waals surface area (Å²) in [5.41, 5.74) is 4.07. The highest BCUT2D eigenvalue weighted by Crippen LogP contribution is 2.55. The van der Waals surface area contributed by atoms with Crippen molar-refractivity contribution in [3.05, 3.63) is 59.7 Å². The fourth-order valence-corrected chi connectivity index (χ4v) is 5.43. The monoisotopic (exact) mass is 390 g/mol. The number of hydrogen-bond acceptors (Lipinski definition) is 3. The standard InChI is InChI=1S/C26H34N2O/c1-2-6-21(7-3-1)25-18-26(25)22-9-11-24(12-10-22)29-19-20-5-4-8-23(17-20)28-15-13-27-14-16-28/h4-5,8-12,17,21,25-27H,1-3,6-7,13-16,18-19H2/t25-,26-/m0/s1. The quantitative estimate of drug-likeness (QED) is 0.719. The van der Waals surface area contributed by atoms with Crippen molar-refractivity contribution >= 4 is 5.69 Å². The Balaban J connectivity index is 1.15. The van der Waals surface area contributed by atoms with Gasteiger partial charge in [-0.2, -0.15) is 0 Å². The van der Waals surface area contributed by atoms with Gasteiger partial charge < -0.3 is 15.0 Å². The van der Waals surface area contributed by atoms with Crippen LogP contribution in [0.25, 0.3) is 0 Å². The van der Waals surface area contributed by atoms with Crippen LogP contribution in [-0.2, 0) is 6.61 Å². The summed E-state index contributed by atoms with van der Waals surface area (Å²) in [4.78, 5) is 2.45. The smallest absolute Gasteiger partial charge is 0.119 e. The lowest BCUT2D eigenvalue weighted by molar-refractivity contribution is 0.306. The highest BCUT2D eigenvalue weighted by molar-refractivity contribution is 5.49. The molecule has 3 aliphatic rings. The van der Waals surface area contributed by atoms with E-state index >= 15 is 0 Å². The van der Waals surface area contributed by atoms with E-state index in [4.69, 9.17) is 4.74 Å². The normalized spacial score (nSPS) is 25.0. The van der Waals surface area contributed by atoms with Gasteiger partial charge in [-0.1, -0.05) is 56.4 Å². The van der Waals surface area contributed by atoms with Crippen LogP contribution in [0.3, 0.4) is 0 Å². The number of benzene rings is 2. The Morgan fingerprint density at radius 1 is 0.931 bits per heavy atom. The Morgan fingerprint density at radius 2 is 1.72 bits per heavy atom. The Hall–Kier alpha value is -2.00. The molecule has 0 amide bonds. The molecular weight excluding hydrogens is 356 g/mol. The summed E-state index contributed by atoms with van der Waals surface area (Å²) < 4.78 is 6.10. The second-order valence-corrected chi connectivity index (χ2v) is 9.17. The second kappa shape index (κ2) is 8.79. The van der Waals surface area contributed by atoms with Gasteiger partial charge in [0, 0.05) is 31.9 Å². The van der Waals surface area contributed by atoms with E-state index in [1.54, 1.807) is 0 Å². The first-order chi connectivity index (χ1) is 14.4. The Labute approximate surface area is 175 Å². The Morgan fingerprint density at radius 3 is 2.52 bits per heavy atom. The van der Waals surface area contributed by atoms with Gasteiger partial charge in [0.15, 0.2) is 0 Å². The number of nitrogens with one attached hydrogen (secondary N) is 1. The van der Waals surface area contributed by atoms with Crippen molar-refractivity contribution in [2.75, 3.05) is 31.1 Å². The number of hydrogen-bond donors (Lipinski definition) is 1. The van der Waals surface area contributed by atoms with Crippen LogP contribution in [0.5, 0.6) is 5.75 Å². The minimum Gasteiger partial charge on any atom is -0.489 e. The van der Waals surface area contributed by atoms with Gasteiger partial charge in [-0.15, -0.1) is 0 Å². The third-order valence-electron chi connectivity index (χ3n) is 7.20. The largest absolute Gasteiger partial charge is 0.489 e. The molecule has 2 aliphatic carbocycles. The van der Waals surface area contributed by atoms with E-state index in [1.807, 2.05) is 0 Å². The molecule has 0 aromatic heterocycles. The summed E-state index contributed by atoms with van der Waals surface area (Å²) in [5.74, 6) is 3.74. The molecule has 0 radical (unpaired) electrons. The molecule has 1 heterocycles.